The fourth-order valence-corrected chi connectivity index (χ4v) is 3.96. The summed E-state index contributed by atoms with van der Waals surface area (Å²) in [7, 11) is 1.62. The predicted molar refractivity (Wildman–Crippen MR) is 95.2 cm³/mol. The van der Waals surface area contributed by atoms with Gasteiger partial charge in [-0.3, -0.25) is 0 Å². The number of piperazine rings is 1. The van der Waals surface area contributed by atoms with E-state index in [4.69, 9.17) is 4.74 Å². The summed E-state index contributed by atoms with van der Waals surface area (Å²) < 4.78 is 6.36. The molecular formula is C16H18N6OS. The molecule has 8 heteroatoms. The average Bonchev–Trinajstić information content (AvgIpc) is 3.03. The van der Waals surface area contributed by atoms with Gasteiger partial charge in [0.2, 0.25) is 5.88 Å². The van der Waals surface area contributed by atoms with Crippen molar-refractivity contribution in [1.82, 2.24) is 19.9 Å². The first kappa shape index (κ1) is 15.1. The van der Waals surface area contributed by atoms with Crippen LogP contribution in [0.2, 0.25) is 0 Å². The van der Waals surface area contributed by atoms with Crippen molar-refractivity contribution in [2.75, 3.05) is 43.1 Å². The number of rotatable bonds is 3. The van der Waals surface area contributed by atoms with Crippen LogP contribution in [0.5, 0.6) is 5.88 Å². The second kappa shape index (κ2) is 6.20. The van der Waals surface area contributed by atoms with Gasteiger partial charge in [-0.25, -0.2) is 19.9 Å². The Hall–Kier alpha value is -2.48. The van der Waals surface area contributed by atoms with Crippen LogP contribution in [0.25, 0.3) is 10.2 Å². The van der Waals surface area contributed by atoms with Crippen molar-refractivity contribution in [3.05, 3.63) is 29.7 Å². The number of hydrogen-bond acceptors (Lipinski definition) is 8. The molecule has 1 aliphatic heterocycles. The van der Waals surface area contributed by atoms with Crippen LogP contribution >= 0.6 is 11.3 Å². The molecule has 0 spiro atoms. The number of methoxy groups -OCH3 is 1. The van der Waals surface area contributed by atoms with Crippen LogP contribution < -0.4 is 14.5 Å². The standard InChI is InChI=1S/C16H18N6OS/c1-11-8-24-15-14(11)19-10-20-16(15)22-5-3-21(4-6-22)12-7-13(23-2)18-9-17-12/h7-10H,3-6H2,1-2H3. The van der Waals surface area contributed by atoms with E-state index in [-0.39, 0.29) is 0 Å². The van der Waals surface area contributed by atoms with Crippen LogP contribution in [0.1, 0.15) is 5.56 Å². The van der Waals surface area contributed by atoms with E-state index < -0.39 is 0 Å². The van der Waals surface area contributed by atoms with Gasteiger partial charge in [-0.1, -0.05) is 0 Å². The molecule has 4 rings (SSSR count). The van der Waals surface area contributed by atoms with E-state index >= 15 is 0 Å². The van der Waals surface area contributed by atoms with Gasteiger partial charge < -0.3 is 14.5 Å². The summed E-state index contributed by atoms with van der Waals surface area (Å²) in [6.07, 6.45) is 3.21. The van der Waals surface area contributed by atoms with Gasteiger partial charge in [-0.15, -0.1) is 11.3 Å². The van der Waals surface area contributed by atoms with E-state index in [9.17, 15) is 0 Å². The Kier molecular flexibility index (Phi) is 3.89. The highest BCUT2D eigenvalue weighted by molar-refractivity contribution is 7.18. The molecule has 0 N–H and O–H groups in total. The largest absolute Gasteiger partial charge is 0.481 e. The molecule has 1 fully saturated rings. The summed E-state index contributed by atoms with van der Waals surface area (Å²) in [5, 5.41) is 2.15. The fraction of sp³-hybridized carbons (Fsp3) is 0.375. The normalized spacial score (nSPS) is 15.1. The van der Waals surface area contributed by atoms with Gasteiger partial charge in [0.1, 0.15) is 24.3 Å². The Morgan fingerprint density at radius 3 is 2.54 bits per heavy atom. The summed E-state index contributed by atoms with van der Waals surface area (Å²) in [5.74, 6) is 2.54. The van der Waals surface area contributed by atoms with Crippen LogP contribution in [0.15, 0.2) is 24.1 Å². The minimum Gasteiger partial charge on any atom is -0.481 e. The molecule has 4 heterocycles. The van der Waals surface area contributed by atoms with Crippen molar-refractivity contribution < 1.29 is 4.74 Å². The zero-order chi connectivity index (χ0) is 16.5. The number of aryl methyl sites for hydroxylation is 1. The zero-order valence-corrected chi connectivity index (χ0v) is 14.5. The highest BCUT2D eigenvalue weighted by atomic mass is 32.1. The first-order chi connectivity index (χ1) is 11.8. The molecule has 3 aromatic heterocycles. The minimum absolute atomic E-state index is 0.592. The van der Waals surface area contributed by atoms with Crippen LogP contribution in [-0.2, 0) is 0 Å². The molecule has 124 valence electrons. The summed E-state index contributed by atoms with van der Waals surface area (Å²) in [6, 6.07) is 1.88. The highest BCUT2D eigenvalue weighted by Gasteiger charge is 2.22. The van der Waals surface area contributed by atoms with Gasteiger partial charge in [0.05, 0.1) is 17.3 Å². The van der Waals surface area contributed by atoms with E-state index in [0.29, 0.717) is 5.88 Å². The SMILES string of the molecule is COc1cc(N2CCN(c3ncnc4c(C)csc34)CC2)ncn1. The molecular weight excluding hydrogens is 324 g/mol. The zero-order valence-electron chi connectivity index (χ0n) is 13.6. The quantitative estimate of drug-likeness (QED) is 0.722. The molecule has 1 saturated heterocycles. The van der Waals surface area contributed by atoms with Crippen LogP contribution in [0, 0.1) is 6.92 Å². The number of thiophene rings is 1. The Morgan fingerprint density at radius 1 is 1.00 bits per heavy atom. The molecule has 0 unspecified atom stereocenters. The van der Waals surface area contributed by atoms with Crippen molar-refractivity contribution in [3.8, 4) is 5.88 Å². The third kappa shape index (κ3) is 2.62. The minimum atomic E-state index is 0.592. The average molecular weight is 342 g/mol. The topological polar surface area (TPSA) is 67.3 Å². The van der Waals surface area contributed by atoms with Gasteiger partial charge in [0.25, 0.3) is 0 Å². The first-order valence-electron chi connectivity index (χ1n) is 7.81. The first-order valence-corrected chi connectivity index (χ1v) is 8.69. The number of nitrogens with zero attached hydrogens (tertiary/aromatic N) is 6. The Bertz CT molecular complexity index is 859. The van der Waals surface area contributed by atoms with E-state index in [0.717, 1.165) is 43.3 Å². The van der Waals surface area contributed by atoms with E-state index in [1.165, 1.54) is 10.3 Å². The summed E-state index contributed by atoms with van der Waals surface area (Å²) in [5.41, 5.74) is 2.28. The summed E-state index contributed by atoms with van der Waals surface area (Å²) in [6.45, 7) is 5.66. The van der Waals surface area contributed by atoms with Gasteiger partial charge in [0, 0.05) is 32.2 Å². The molecule has 0 radical (unpaired) electrons. The van der Waals surface area contributed by atoms with Crippen LogP contribution in [0.4, 0.5) is 11.6 Å². The Balaban J connectivity index is 1.53. The van der Waals surface area contributed by atoms with Crippen molar-refractivity contribution in [2.24, 2.45) is 0 Å². The lowest BCUT2D eigenvalue weighted by Crippen LogP contribution is -2.47. The highest BCUT2D eigenvalue weighted by Crippen LogP contribution is 2.31. The van der Waals surface area contributed by atoms with Gasteiger partial charge >= 0.3 is 0 Å². The van der Waals surface area contributed by atoms with E-state index in [1.54, 1.807) is 31.1 Å². The maximum Gasteiger partial charge on any atom is 0.218 e. The fourth-order valence-electron chi connectivity index (χ4n) is 2.94. The van der Waals surface area contributed by atoms with Crippen molar-refractivity contribution in [1.29, 1.82) is 0 Å². The van der Waals surface area contributed by atoms with Crippen molar-refractivity contribution in [3.63, 3.8) is 0 Å². The Labute approximate surface area is 144 Å². The third-order valence-electron chi connectivity index (χ3n) is 4.25. The van der Waals surface area contributed by atoms with Crippen LogP contribution in [0.3, 0.4) is 0 Å². The lowest BCUT2D eigenvalue weighted by Gasteiger charge is -2.36. The molecule has 0 bridgehead atoms. The second-order valence-electron chi connectivity index (χ2n) is 5.69. The van der Waals surface area contributed by atoms with Crippen molar-refractivity contribution >= 4 is 33.2 Å². The monoisotopic (exact) mass is 342 g/mol. The number of ether oxygens (including phenoxy) is 1. The summed E-state index contributed by atoms with van der Waals surface area (Å²) >= 11 is 1.72. The van der Waals surface area contributed by atoms with Crippen molar-refractivity contribution in [2.45, 2.75) is 6.92 Å². The molecule has 0 saturated carbocycles. The lowest BCUT2D eigenvalue weighted by atomic mass is 10.2. The number of hydrogen-bond donors (Lipinski definition) is 0. The number of aromatic nitrogens is 4. The summed E-state index contributed by atoms with van der Waals surface area (Å²) in [4.78, 5) is 21.9. The molecule has 3 aromatic rings. The Morgan fingerprint density at radius 2 is 1.75 bits per heavy atom. The molecule has 0 atom stereocenters. The molecule has 0 aromatic carbocycles. The number of fused-ring (bicyclic) bond motifs is 1. The number of anilines is 2. The molecule has 0 aliphatic carbocycles. The molecule has 0 amide bonds. The maximum atomic E-state index is 5.18. The van der Waals surface area contributed by atoms with Crippen LogP contribution in [-0.4, -0.2) is 53.2 Å². The predicted octanol–water partition coefficient (Wildman–Crippen LogP) is 2.12. The van der Waals surface area contributed by atoms with E-state index in [2.05, 4.69) is 42.0 Å². The molecule has 7 nitrogen and oxygen atoms in total. The van der Waals surface area contributed by atoms with E-state index in [1.807, 2.05) is 6.07 Å². The lowest BCUT2D eigenvalue weighted by molar-refractivity contribution is 0.396. The molecule has 1 aliphatic rings. The molecule has 24 heavy (non-hydrogen) atoms. The third-order valence-corrected chi connectivity index (χ3v) is 5.34. The van der Waals surface area contributed by atoms with Gasteiger partial charge in [0.15, 0.2) is 0 Å². The van der Waals surface area contributed by atoms with Gasteiger partial charge in [-0.2, -0.15) is 0 Å². The van der Waals surface area contributed by atoms with Gasteiger partial charge in [-0.05, 0) is 17.9 Å². The maximum absolute atomic E-state index is 5.18. The smallest absolute Gasteiger partial charge is 0.218 e. The second-order valence-corrected chi connectivity index (χ2v) is 6.57.